The van der Waals surface area contributed by atoms with Crippen LogP contribution in [0.25, 0.3) is 0 Å². The average Bonchev–Trinajstić information content (AvgIpc) is 2.75. The molecule has 0 aromatic rings. The highest BCUT2D eigenvalue weighted by atomic mass is 15.2. The van der Waals surface area contributed by atoms with Gasteiger partial charge in [0, 0.05) is 25.2 Å². The molecule has 2 nitrogen and oxygen atoms in total. The summed E-state index contributed by atoms with van der Waals surface area (Å²) in [6.45, 7) is 10.9. The predicted molar refractivity (Wildman–Crippen MR) is 74.2 cm³/mol. The van der Waals surface area contributed by atoms with Gasteiger partial charge in [0.15, 0.2) is 0 Å². The van der Waals surface area contributed by atoms with Gasteiger partial charge >= 0.3 is 0 Å². The third-order valence-electron chi connectivity index (χ3n) is 4.76. The van der Waals surface area contributed by atoms with Crippen molar-refractivity contribution in [1.29, 1.82) is 0 Å². The Hall–Kier alpha value is -0.0800. The number of hydrogen-bond donors (Lipinski definition) is 1. The summed E-state index contributed by atoms with van der Waals surface area (Å²) >= 11 is 0. The molecule has 1 saturated carbocycles. The van der Waals surface area contributed by atoms with Crippen molar-refractivity contribution < 1.29 is 0 Å². The molecular weight excluding hydrogens is 208 g/mol. The van der Waals surface area contributed by atoms with E-state index in [1.54, 1.807) is 0 Å². The van der Waals surface area contributed by atoms with E-state index in [0.29, 0.717) is 0 Å². The fourth-order valence-electron chi connectivity index (χ4n) is 3.80. The van der Waals surface area contributed by atoms with E-state index in [0.717, 1.165) is 23.9 Å². The monoisotopic (exact) mass is 238 g/mol. The van der Waals surface area contributed by atoms with Gasteiger partial charge in [-0.3, -0.25) is 4.90 Å². The minimum atomic E-state index is 0.765. The Morgan fingerprint density at radius 3 is 2.71 bits per heavy atom. The SMILES string of the molecule is CCCNC1CCN(C2CCC(C)CC2C)C1. The fraction of sp³-hybridized carbons (Fsp3) is 1.00. The second kappa shape index (κ2) is 6.19. The highest BCUT2D eigenvalue weighted by Gasteiger charge is 2.33. The van der Waals surface area contributed by atoms with Crippen LogP contribution in [0.1, 0.15) is 52.9 Å². The van der Waals surface area contributed by atoms with Crippen molar-refractivity contribution >= 4 is 0 Å². The van der Waals surface area contributed by atoms with Crippen molar-refractivity contribution in [3.05, 3.63) is 0 Å². The first-order chi connectivity index (χ1) is 8.20. The molecule has 2 heteroatoms. The minimum Gasteiger partial charge on any atom is -0.313 e. The molecule has 0 spiro atoms. The number of likely N-dealkylation sites (tertiary alicyclic amines) is 1. The molecule has 1 heterocycles. The molecule has 4 unspecified atom stereocenters. The Morgan fingerprint density at radius 1 is 1.18 bits per heavy atom. The molecular formula is C15H30N2. The first kappa shape index (κ1) is 13.4. The van der Waals surface area contributed by atoms with Gasteiger partial charge in [-0.2, -0.15) is 0 Å². The maximum atomic E-state index is 3.68. The highest BCUT2D eigenvalue weighted by molar-refractivity contribution is 4.90. The zero-order chi connectivity index (χ0) is 12.3. The topological polar surface area (TPSA) is 15.3 Å². The van der Waals surface area contributed by atoms with Gasteiger partial charge in [-0.25, -0.2) is 0 Å². The molecule has 0 aromatic heterocycles. The molecule has 0 amide bonds. The van der Waals surface area contributed by atoms with E-state index in [2.05, 4.69) is 31.0 Å². The summed E-state index contributed by atoms with van der Waals surface area (Å²) in [5, 5.41) is 3.68. The zero-order valence-electron chi connectivity index (χ0n) is 11.9. The minimum absolute atomic E-state index is 0.765. The summed E-state index contributed by atoms with van der Waals surface area (Å²) in [6.07, 6.45) is 6.93. The number of nitrogens with one attached hydrogen (secondary N) is 1. The fourth-order valence-corrected chi connectivity index (χ4v) is 3.80. The summed E-state index contributed by atoms with van der Waals surface area (Å²) < 4.78 is 0. The molecule has 1 aliphatic carbocycles. The second-order valence-corrected chi connectivity index (χ2v) is 6.40. The molecule has 1 N–H and O–H groups in total. The third kappa shape index (κ3) is 3.45. The molecule has 0 aromatic carbocycles. The second-order valence-electron chi connectivity index (χ2n) is 6.40. The van der Waals surface area contributed by atoms with Crippen LogP contribution in [-0.2, 0) is 0 Å². The first-order valence-electron chi connectivity index (χ1n) is 7.68. The average molecular weight is 238 g/mol. The van der Waals surface area contributed by atoms with Gasteiger partial charge in [0.2, 0.25) is 0 Å². The van der Waals surface area contributed by atoms with Gasteiger partial charge in [0.25, 0.3) is 0 Å². The van der Waals surface area contributed by atoms with Crippen LogP contribution in [0.2, 0.25) is 0 Å². The lowest BCUT2D eigenvalue weighted by Crippen LogP contribution is -2.43. The molecule has 2 aliphatic rings. The highest BCUT2D eigenvalue weighted by Crippen LogP contribution is 2.33. The molecule has 4 atom stereocenters. The van der Waals surface area contributed by atoms with Crippen molar-refractivity contribution in [2.24, 2.45) is 11.8 Å². The van der Waals surface area contributed by atoms with Crippen molar-refractivity contribution in [2.45, 2.75) is 65.0 Å². The standard InChI is InChI=1S/C15H30N2/c1-4-8-16-14-7-9-17(11-14)15-6-5-12(2)10-13(15)3/h12-16H,4-11H2,1-3H3. The third-order valence-corrected chi connectivity index (χ3v) is 4.76. The summed E-state index contributed by atoms with van der Waals surface area (Å²) in [7, 11) is 0. The smallest absolute Gasteiger partial charge is 0.0207 e. The van der Waals surface area contributed by atoms with Gasteiger partial charge in [-0.05, 0) is 50.5 Å². The van der Waals surface area contributed by atoms with Crippen LogP contribution < -0.4 is 5.32 Å². The van der Waals surface area contributed by atoms with E-state index in [1.165, 1.54) is 51.7 Å². The summed E-state index contributed by atoms with van der Waals surface area (Å²) in [4.78, 5) is 2.77. The van der Waals surface area contributed by atoms with E-state index in [1.807, 2.05) is 0 Å². The molecule has 17 heavy (non-hydrogen) atoms. The lowest BCUT2D eigenvalue weighted by Gasteiger charge is -2.38. The van der Waals surface area contributed by atoms with Crippen molar-refractivity contribution in [3.63, 3.8) is 0 Å². The van der Waals surface area contributed by atoms with Gasteiger partial charge in [-0.1, -0.05) is 20.8 Å². The summed E-state index contributed by atoms with van der Waals surface area (Å²) in [6, 6.07) is 1.64. The molecule has 1 aliphatic heterocycles. The first-order valence-corrected chi connectivity index (χ1v) is 7.68. The Kier molecular flexibility index (Phi) is 4.87. The van der Waals surface area contributed by atoms with E-state index >= 15 is 0 Å². The molecule has 100 valence electrons. The number of rotatable bonds is 4. The molecule has 0 bridgehead atoms. The molecule has 1 saturated heterocycles. The van der Waals surface area contributed by atoms with E-state index in [4.69, 9.17) is 0 Å². The predicted octanol–water partition coefficient (Wildman–Crippen LogP) is 2.89. The lowest BCUT2D eigenvalue weighted by atomic mass is 9.79. The maximum absolute atomic E-state index is 3.68. The zero-order valence-corrected chi connectivity index (χ0v) is 11.9. The largest absolute Gasteiger partial charge is 0.313 e. The molecule has 2 rings (SSSR count). The van der Waals surface area contributed by atoms with Crippen LogP contribution in [0.4, 0.5) is 0 Å². The van der Waals surface area contributed by atoms with Crippen LogP contribution in [0.3, 0.4) is 0 Å². The Balaban J connectivity index is 1.79. The van der Waals surface area contributed by atoms with Crippen LogP contribution in [0.5, 0.6) is 0 Å². The van der Waals surface area contributed by atoms with Crippen LogP contribution in [0.15, 0.2) is 0 Å². The Bertz CT molecular complexity index is 229. The van der Waals surface area contributed by atoms with Crippen LogP contribution >= 0.6 is 0 Å². The van der Waals surface area contributed by atoms with E-state index < -0.39 is 0 Å². The maximum Gasteiger partial charge on any atom is 0.0207 e. The number of nitrogens with zero attached hydrogens (tertiary/aromatic N) is 1. The molecule has 0 radical (unpaired) electrons. The summed E-state index contributed by atoms with van der Waals surface area (Å²) in [5.41, 5.74) is 0. The van der Waals surface area contributed by atoms with Gasteiger partial charge in [-0.15, -0.1) is 0 Å². The molecule has 2 fully saturated rings. The van der Waals surface area contributed by atoms with Crippen molar-refractivity contribution in [3.8, 4) is 0 Å². The van der Waals surface area contributed by atoms with Crippen molar-refractivity contribution in [2.75, 3.05) is 19.6 Å². The van der Waals surface area contributed by atoms with E-state index in [9.17, 15) is 0 Å². The van der Waals surface area contributed by atoms with Gasteiger partial charge in [0.05, 0.1) is 0 Å². The lowest BCUT2D eigenvalue weighted by molar-refractivity contribution is 0.113. The van der Waals surface area contributed by atoms with Crippen LogP contribution in [-0.4, -0.2) is 36.6 Å². The van der Waals surface area contributed by atoms with E-state index in [-0.39, 0.29) is 0 Å². The summed E-state index contributed by atoms with van der Waals surface area (Å²) in [5.74, 6) is 1.86. The van der Waals surface area contributed by atoms with Gasteiger partial charge < -0.3 is 5.32 Å². The van der Waals surface area contributed by atoms with Crippen LogP contribution in [0, 0.1) is 11.8 Å². The quantitative estimate of drug-likeness (QED) is 0.810. The Morgan fingerprint density at radius 2 is 2.00 bits per heavy atom. The van der Waals surface area contributed by atoms with Crippen molar-refractivity contribution in [1.82, 2.24) is 10.2 Å². The normalized spacial score (nSPS) is 39.7. The number of hydrogen-bond acceptors (Lipinski definition) is 2. The Labute approximate surface area is 107 Å². The van der Waals surface area contributed by atoms with Gasteiger partial charge in [0.1, 0.15) is 0 Å².